The van der Waals surface area contributed by atoms with Crippen LogP contribution in [0.4, 0.5) is 15.8 Å². The van der Waals surface area contributed by atoms with Crippen molar-refractivity contribution < 1.29 is 13.9 Å². The second-order valence-electron chi connectivity index (χ2n) is 4.47. The van der Waals surface area contributed by atoms with Gasteiger partial charge in [-0.05, 0) is 37.3 Å². The van der Waals surface area contributed by atoms with Crippen LogP contribution in [-0.4, -0.2) is 13.0 Å². The minimum absolute atomic E-state index is 0.123. The Hall–Kier alpha value is -2.27. The Morgan fingerprint density at radius 2 is 2.05 bits per heavy atom. The fraction of sp³-hybridized carbons (Fsp3) is 0.133. The molecule has 4 nitrogen and oxygen atoms in total. The first-order valence-electron chi connectivity index (χ1n) is 6.13. The summed E-state index contributed by atoms with van der Waals surface area (Å²) < 4.78 is 18.8. The van der Waals surface area contributed by atoms with Gasteiger partial charge in [0.1, 0.15) is 11.6 Å². The topological polar surface area (TPSA) is 64.3 Å². The van der Waals surface area contributed by atoms with Crippen molar-refractivity contribution in [2.45, 2.75) is 6.92 Å². The summed E-state index contributed by atoms with van der Waals surface area (Å²) in [7, 11) is 1.47. The van der Waals surface area contributed by atoms with Gasteiger partial charge in [-0.3, -0.25) is 4.79 Å². The molecule has 2 aromatic rings. The smallest absolute Gasteiger partial charge is 0.255 e. The van der Waals surface area contributed by atoms with Crippen LogP contribution in [0.25, 0.3) is 0 Å². The maximum Gasteiger partial charge on any atom is 0.255 e. The van der Waals surface area contributed by atoms with E-state index in [9.17, 15) is 9.18 Å². The quantitative estimate of drug-likeness (QED) is 0.851. The summed E-state index contributed by atoms with van der Waals surface area (Å²) in [6.45, 7) is 1.55. The Kier molecular flexibility index (Phi) is 4.33. The molecule has 21 heavy (non-hydrogen) atoms. The molecule has 0 aliphatic carbocycles. The van der Waals surface area contributed by atoms with Crippen LogP contribution in [-0.2, 0) is 0 Å². The second-order valence-corrected chi connectivity index (χ2v) is 4.91. The van der Waals surface area contributed by atoms with Crippen LogP contribution >= 0.6 is 11.6 Å². The Labute approximate surface area is 126 Å². The summed E-state index contributed by atoms with van der Waals surface area (Å²) in [5, 5.41) is 3.07. The lowest BCUT2D eigenvalue weighted by Gasteiger charge is -2.11. The van der Waals surface area contributed by atoms with E-state index in [-0.39, 0.29) is 11.3 Å². The van der Waals surface area contributed by atoms with E-state index in [4.69, 9.17) is 22.1 Å². The van der Waals surface area contributed by atoms with Gasteiger partial charge in [0, 0.05) is 21.8 Å². The molecule has 0 saturated carbocycles. The predicted molar refractivity (Wildman–Crippen MR) is 81.5 cm³/mol. The third-order valence-electron chi connectivity index (χ3n) is 3.06. The van der Waals surface area contributed by atoms with Gasteiger partial charge in [0.15, 0.2) is 0 Å². The van der Waals surface area contributed by atoms with Gasteiger partial charge >= 0.3 is 0 Å². The Morgan fingerprint density at radius 1 is 1.33 bits per heavy atom. The van der Waals surface area contributed by atoms with Crippen LogP contribution in [0.1, 0.15) is 15.9 Å². The first-order chi connectivity index (χ1) is 9.92. The molecule has 2 rings (SSSR count). The maximum absolute atomic E-state index is 13.6. The molecule has 0 saturated heterocycles. The van der Waals surface area contributed by atoms with Crippen LogP contribution < -0.4 is 15.8 Å². The van der Waals surface area contributed by atoms with Crippen LogP contribution in [0.3, 0.4) is 0 Å². The number of hydrogen-bond donors (Lipinski definition) is 2. The van der Waals surface area contributed by atoms with Gasteiger partial charge < -0.3 is 15.8 Å². The Morgan fingerprint density at radius 3 is 2.67 bits per heavy atom. The monoisotopic (exact) mass is 308 g/mol. The van der Waals surface area contributed by atoms with E-state index in [1.807, 2.05) is 0 Å². The largest absolute Gasteiger partial charge is 0.495 e. The van der Waals surface area contributed by atoms with Gasteiger partial charge in [0.05, 0.1) is 12.8 Å². The summed E-state index contributed by atoms with van der Waals surface area (Å²) in [4.78, 5) is 12.2. The number of carbonyl (C=O) groups is 1. The SMILES string of the molecule is COc1ccc(Cl)cc1NC(=O)c1cc(N)c(C)c(F)c1. The first kappa shape index (κ1) is 15.1. The number of rotatable bonds is 3. The molecule has 110 valence electrons. The first-order valence-corrected chi connectivity index (χ1v) is 6.50. The molecule has 0 atom stereocenters. The molecule has 2 aromatic carbocycles. The fourth-order valence-electron chi connectivity index (χ4n) is 1.80. The third-order valence-corrected chi connectivity index (χ3v) is 3.29. The number of nitrogens with one attached hydrogen (secondary N) is 1. The molecule has 0 bridgehead atoms. The fourth-order valence-corrected chi connectivity index (χ4v) is 1.98. The number of halogens is 2. The third kappa shape index (κ3) is 3.25. The zero-order valence-electron chi connectivity index (χ0n) is 11.5. The lowest BCUT2D eigenvalue weighted by Crippen LogP contribution is -2.14. The standard InChI is InChI=1S/C15H14ClFN2O2/c1-8-11(17)5-9(6-12(8)18)15(20)19-13-7-10(16)3-4-14(13)21-2/h3-7H,18H2,1-2H3,(H,19,20). The van der Waals surface area contributed by atoms with Crippen molar-refractivity contribution in [3.8, 4) is 5.75 Å². The molecule has 0 aromatic heterocycles. The summed E-state index contributed by atoms with van der Waals surface area (Å²) in [6.07, 6.45) is 0. The molecule has 0 radical (unpaired) electrons. The van der Waals surface area contributed by atoms with Gasteiger partial charge in [-0.25, -0.2) is 4.39 Å². The summed E-state index contributed by atoms with van der Waals surface area (Å²) in [5.41, 5.74) is 6.72. The van der Waals surface area contributed by atoms with Crippen molar-refractivity contribution in [1.82, 2.24) is 0 Å². The lowest BCUT2D eigenvalue weighted by molar-refractivity contribution is 0.102. The van der Waals surface area contributed by atoms with Crippen LogP contribution in [0.5, 0.6) is 5.75 Å². The number of hydrogen-bond acceptors (Lipinski definition) is 3. The zero-order chi connectivity index (χ0) is 15.6. The molecular formula is C15H14ClFN2O2. The predicted octanol–water partition coefficient (Wildman–Crippen LogP) is 3.63. The Balaban J connectivity index is 2.32. The number of nitrogens with two attached hydrogens (primary N) is 1. The van der Waals surface area contributed by atoms with Crippen molar-refractivity contribution >= 4 is 28.9 Å². The molecule has 0 spiro atoms. The van der Waals surface area contributed by atoms with E-state index >= 15 is 0 Å². The number of amides is 1. The van der Waals surface area contributed by atoms with E-state index in [1.165, 1.54) is 13.2 Å². The van der Waals surface area contributed by atoms with Crippen molar-refractivity contribution in [3.63, 3.8) is 0 Å². The highest BCUT2D eigenvalue weighted by Gasteiger charge is 2.13. The Bertz CT molecular complexity index is 681. The van der Waals surface area contributed by atoms with Crippen molar-refractivity contribution in [2.75, 3.05) is 18.2 Å². The van der Waals surface area contributed by atoms with Crippen molar-refractivity contribution in [2.24, 2.45) is 0 Å². The minimum Gasteiger partial charge on any atom is -0.495 e. The molecule has 1 amide bonds. The van der Waals surface area contributed by atoms with Crippen molar-refractivity contribution in [1.29, 1.82) is 0 Å². The number of carbonyl (C=O) groups excluding carboxylic acids is 1. The average molecular weight is 309 g/mol. The number of anilines is 2. The van der Waals surface area contributed by atoms with E-state index in [2.05, 4.69) is 5.32 Å². The molecule has 0 fully saturated rings. The number of benzene rings is 2. The highest BCUT2D eigenvalue weighted by Crippen LogP contribution is 2.28. The van der Waals surface area contributed by atoms with Crippen molar-refractivity contribution in [3.05, 3.63) is 52.3 Å². The highest BCUT2D eigenvalue weighted by atomic mass is 35.5. The van der Waals surface area contributed by atoms with E-state index < -0.39 is 11.7 Å². The normalized spacial score (nSPS) is 10.3. The summed E-state index contributed by atoms with van der Waals surface area (Å²) in [6, 6.07) is 7.37. The van der Waals surface area contributed by atoms with E-state index in [1.54, 1.807) is 25.1 Å². The summed E-state index contributed by atoms with van der Waals surface area (Å²) in [5.74, 6) is -0.576. The minimum atomic E-state index is -0.529. The molecule has 0 aliphatic heterocycles. The number of methoxy groups -OCH3 is 1. The highest BCUT2D eigenvalue weighted by molar-refractivity contribution is 6.31. The van der Waals surface area contributed by atoms with Gasteiger partial charge in [0.25, 0.3) is 5.91 Å². The number of nitrogen functional groups attached to an aromatic ring is 1. The molecule has 0 heterocycles. The van der Waals surface area contributed by atoms with Crippen LogP contribution in [0.15, 0.2) is 30.3 Å². The van der Waals surface area contributed by atoms with Gasteiger partial charge in [-0.2, -0.15) is 0 Å². The maximum atomic E-state index is 13.6. The zero-order valence-corrected chi connectivity index (χ0v) is 12.3. The lowest BCUT2D eigenvalue weighted by atomic mass is 10.1. The van der Waals surface area contributed by atoms with Crippen LogP contribution in [0, 0.1) is 12.7 Å². The van der Waals surface area contributed by atoms with Gasteiger partial charge in [0.2, 0.25) is 0 Å². The number of ether oxygens (including phenoxy) is 1. The molecule has 3 N–H and O–H groups in total. The second kappa shape index (κ2) is 6.01. The van der Waals surface area contributed by atoms with Gasteiger partial charge in [-0.15, -0.1) is 0 Å². The molecular weight excluding hydrogens is 295 g/mol. The van der Waals surface area contributed by atoms with E-state index in [0.29, 0.717) is 22.0 Å². The molecule has 0 aliphatic rings. The molecule has 6 heteroatoms. The van der Waals surface area contributed by atoms with Crippen LogP contribution in [0.2, 0.25) is 5.02 Å². The average Bonchev–Trinajstić information content (AvgIpc) is 2.44. The molecule has 0 unspecified atom stereocenters. The van der Waals surface area contributed by atoms with Gasteiger partial charge in [-0.1, -0.05) is 11.6 Å². The summed E-state index contributed by atoms with van der Waals surface area (Å²) >= 11 is 5.89. The van der Waals surface area contributed by atoms with E-state index in [0.717, 1.165) is 6.07 Å².